The Balaban J connectivity index is 2.07. The second-order valence-electron chi connectivity index (χ2n) is 4.74. The van der Waals surface area contributed by atoms with Gasteiger partial charge < -0.3 is 15.7 Å². The molecule has 0 spiro atoms. The molecular weight excluding hydrogens is 276 g/mol. The molecule has 1 aromatic heterocycles. The van der Waals surface area contributed by atoms with Crippen molar-refractivity contribution in [2.45, 2.75) is 19.0 Å². The molecule has 21 heavy (non-hydrogen) atoms. The summed E-state index contributed by atoms with van der Waals surface area (Å²) in [6, 6.07) is 1.54. The smallest absolute Gasteiger partial charge is 0.328 e. The normalized spacial score (nSPS) is 19.6. The van der Waals surface area contributed by atoms with Crippen LogP contribution >= 0.6 is 0 Å². The van der Waals surface area contributed by atoms with Gasteiger partial charge in [0.2, 0.25) is 5.91 Å². The third-order valence-electron chi connectivity index (χ3n) is 3.27. The predicted octanol–water partition coefficient (Wildman–Crippen LogP) is -0.263. The van der Waals surface area contributed by atoms with Gasteiger partial charge in [-0.1, -0.05) is 0 Å². The summed E-state index contributed by atoms with van der Waals surface area (Å²) in [6.07, 6.45) is 3.21. The van der Waals surface area contributed by atoms with Crippen LogP contribution in [0.2, 0.25) is 0 Å². The van der Waals surface area contributed by atoms with E-state index in [4.69, 9.17) is 5.11 Å². The van der Waals surface area contributed by atoms with Gasteiger partial charge in [-0.15, -0.1) is 0 Å². The van der Waals surface area contributed by atoms with Crippen molar-refractivity contribution in [1.82, 2.24) is 20.5 Å². The number of piperazine rings is 1. The van der Waals surface area contributed by atoms with Crippen LogP contribution in [0.3, 0.4) is 0 Å². The largest absolute Gasteiger partial charge is 0.480 e. The summed E-state index contributed by atoms with van der Waals surface area (Å²) in [6.45, 7) is 1.41. The Labute approximate surface area is 121 Å². The van der Waals surface area contributed by atoms with E-state index in [9.17, 15) is 14.4 Å². The van der Waals surface area contributed by atoms with Crippen LogP contribution in [0.1, 0.15) is 18.5 Å². The minimum Gasteiger partial charge on any atom is -0.480 e. The molecule has 2 rings (SSSR count). The highest BCUT2D eigenvalue weighted by molar-refractivity contribution is 5.90. The van der Waals surface area contributed by atoms with Crippen molar-refractivity contribution in [3.63, 3.8) is 0 Å². The van der Waals surface area contributed by atoms with Crippen molar-refractivity contribution < 1.29 is 19.5 Å². The average Bonchev–Trinajstić information content (AvgIpc) is 2.47. The number of carboxylic acid groups (broad SMARTS) is 1. The van der Waals surface area contributed by atoms with Crippen molar-refractivity contribution in [3.05, 3.63) is 30.1 Å². The lowest BCUT2D eigenvalue weighted by Gasteiger charge is -2.33. The number of nitrogens with one attached hydrogen (secondary N) is 2. The van der Waals surface area contributed by atoms with E-state index in [-0.39, 0.29) is 25.0 Å². The minimum absolute atomic E-state index is 0.0920. The second-order valence-corrected chi connectivity index (χ2v) is 4.74. The molecule has 0 saturated carbocycles. The monoisotopic (exact) mass is 292 g/mol. The summed E-state index contributed by atoms with van der Waals surface area (Å²) in [5.74, 6) is -1.53. The topological polar surface area (TPSA) is 112 Å². The lowest BCUT2D eigenvalue weighted by Crippen LogP contribution is -2.61. The van der Waals surface area contributed by atoms with Gasteiger partial charge in [-0.25, -0.2) is 9.59 Å². The van der Waals surface area contributed by atoms with Gasteiger partial charge in [0.25, 0.3) is 0 Å². The molecule has 8 nitrogen and oxygen atoms in total. The van der Waals surface area contributed by atoms with Crippen molar-refractivity contribution in [2.24, 2.45) is 0 Å². The van der Waals surface area contributed by atoms with Gasteiger partial charge in [-0.05, 0) is 24.6 Å². The quantitative estimate of drug-likeness (QED) is 0.710. The highest BCUT2D eigenvalue weighted by atomic mass is 16.4. The number of rotatable bonds is 3. The number of aromatic nitrogens is 1. The van der Waals surface area contributed by atoms with E-state index in [0.29, 0.717) is 0 Å². The molecule has 112 valence electrons. The number of urea groups is 1. The summed E-state index contributed by atoms with van der Waals surface area (Å²) in [7, 11) is 0. The van der Waals surface area contributed by atoms with Crippen molar-refractivity contribution >= 4 is 17.9 Å². The first kappa shape index (κ1) is 14.8. The number of hydrogen-bond donors (Lipinski definition) is 3. The SMILES string of the molecule is CC(NC(=O)N1CC(=O)NCC1C(=O)O)c1ccncc1. The fraction of sp³-hybridized carbons (Fsp3) is 0.385. The van der Waals surface area contributed by atoms with E-state index < -0.39 is 18.0 Å². The molecule has 1 aliphatic heterocycles. The van der Waals surface area contributed by atoms with Crippen molar-refractivity contribution in [3.8, 4) is 0 Å². The zero-order valence-electron chi connectivity index (χ0n) is 11.4. The Morgan fingerprint density at radius 1 is 1.48 bits per heavy atom. The van der Waals surface area contributed by atoms with E-state index >= 15 is 0 Å². The number of carbonyl (C=O) groups excluding carboxylic acids is 2. The molecule has 2 heterocycles. The Kier molecular flexibility index (Phi) is 4.36. The molecule has 8 heteroatoms. The molecule has 1 aliphatic rings. The maximum Gasteiger partial charge on any atom is 0.328 e. The number of amides is 3. The third-order valence-corrected chi connectivity index (χ3v) is 3.27. The first-order chi connectivity index (χ1) is 9.99. The maximum absolute atomic E-state index is 12.2. The molecule has 1 saturated heterocycles. The molecule has 3 N–H and O–H groups in total. The first-order valence-corrected chi connectivity index (χ1v) is 6.45. The third kappa shape index (κ3) is 3.47. The van der Waals surface area contributed by atoms with Gasteiger partial charge in [0.1, 0.15) is 12.6 Å². The van der Waals surface area contributed by atoms with Crippen LogP contribution in [0.15, 0.2) is 24.5 Å². The summed E-state index contributed by atoms with van der Waals surface area (Å²) < 4.78 is 0. The lowest BCUT2D eigenvalue weighted by atomic mass is 10.1. The van der Waals surface area contributed by atoms with Gasteiger partial charge in [0, 0.05) is 18.9 Å². The van der Waals surface area contributed by atoms with Crippen LogP contribution in [0.25, 0.3) is 0 Å². The molecule has 0 aromatic carbocycles. The molecule has 1 aromatic rings. The summed E-state index contributed by atoms with van der Waals surface area (Å²) in [5, 5.41) is 14.2. The number of nitrogens with zero attached hydrogens (tertiary/aromatic N) is 2. The molecule has 0 radical (unpaired) electrons. The second kappa shape index (κ2) is 6.21. The van der Waals surface area contributed by atoms with Crippen LogP contribution in [-0.4, -0.2) is 52.0 Å². The van der Waals surface area contributed by atoms with Crippen LogP contribution in [0.5, 0.6) is 0 Å². The Bertz CT molecular complexity index is 548. The number of pyridine rings is 1. The summed E-state index contributed by atoms with van der Waals surface area (Å²) >= 11 is 0. The molecule has 2 atom stereocenters. The summed E-state index contributed by atoms with van der Waals surface area (Å²) in [4.78, 5) is 39.6. The maximum atomic E-state index is 12.2. The van der Waals surface area contributed by atoms with Crippen LogP contribution < -0.4 is 10.6 Å². The van der Waals surface area contributed by atoms with E-state index in [1.165, 1.54) is 0 Å². The lowest BCUT2D eigenvalue weighted by molar-refractivity contribution is -0.144. The summed E-state index contributed by atoms with van der Waals surface area (Å²) in [5.41, 5.74) is 0.840. The fourth-order valence-corrected chi connectivity index (χ4v) is 2.08. The predicted molar refractivity (Wildman–Crippen MR) is 72.3 cm³/mol. The highest BCUT2D eigenvalue weighted by Crippen LogP contribution is 2.12. The Hall–Kier alpha value is -2.64. The average molecular weight is 292 g/mol. The van der Waals surface area contributed by atoms with Gasteiger partial charge in [-0.3, -0.25) is 14.7 Å². The Morgan fingerprint density at radius 2 is 2.14 bits per heavy atom. The fourth-order valence-electron chi connectivity index (χ4n) is 2.08. The number of aliphatic carboxylic acids is 1. The molecule has 2 unspecified atom stereocenters. The van der Waals surface area contributed by atoms with Gasteiger partial charge >= 0.3 is 12.0 Å². The van der Waals surface area contributed by atoms with E-state index in [2.05, 4.69) is 15.6 Å². The molecule has 3 amide bonds. The van der Waals surface area contributed by atoms with Crippen molar-refractivity contribution in [2.75, 3.05) is 13.1 Å². The molecule has 0 aliphatic carbocycles. The zero-order chi connectivity index (χ0) is 15.4. The van der Waals surface area contributed by atoms with Gasteiger partial charge in [0.05, 0.1) is 6.04 Å². The molecular formula is C13H16N4O4. The first-order valence-electron chi connectivity index (χ1n) is 6.45. The number of carbonyl (C=O) groups is 3. The van der Waals surface area contributed by atoms with Crippen molar-refractivity contribution in [1.29, 1.82) is 0 Å². The standard InChI is InChI=1S/C13H16N4O4/c1-8(9-2-4-14-5-3-9)16-13(21)17-7-11(18)15-6-10(17)12(19)20/h2-5,8,10H,6-7H2,1H3,(H,15,18)(H,16,21)(H,19,20). The van der Waals surface area contributed by atoms with E-state index in [1.807, 2.05) is 0 Å². The Morgan fingerprint density at radius 3 is 2.76 bits per heavy atom. The van der Waals surface area contributed by atoms with Crippen LogP contribution in [-0.2, 0) is 9.59 Å². The molecule has 1 fully saturated rings. The zero-order valence-corrected chi connectivity index (χ0v) is 11.4. The van der Waals surface area contributed by atoms with E-state index in [0.717, 1.165) is 10.5 Å². The highest BCUT2D eigenvalue weighted by Gasteiger charge is 2.35. The van der Waals surface area contributed by atoms with Crippen LogP contribution in [0, 0.1) is 0 Å². The van der Waals surface area contributed by atoms with Gasteiger partial charge in [-0.2, -0.15) is 0 Å². The van der Waals surface area contributed by atoms with Gasteiger partial charge in [0.15, 0.2) is 0 Å². The number of hydrogen-bond acceptors (Lipinski definition) is 4. The minimum atomic E-state index is -1.15. The molecule has 0 bridgehead atoms. The van der Waals surface area contributed by atoms with E-state index in [1.54, 1.807) is 31.5 Å². The van der Waals surface area contributed by atoms with Crippen LogP contribution in [0.4, 0.5) is 4.79 Å². The number of carboxylic acids is 1.